The van der Waals surface area contributed by atoms with Gasteiger partial charge in [0, 0.05) is 28.3 Å². The quantitative estimate of drug-likeness (QED) is 0.295. The van der Waals surface area contributed by atoms with Crippen molar-refractivity contribution in [3.63, 3.8) is 0 Å². The zero-order chi connectivity index (χ0) is 19.2. The van der Waals surface area contributed by atoms with Crippen LogP contribution < -0.4 is 10.0 Å². The Morgan fingerprint density at radius 1 is 1.04 bits per heavy atom. The second-order valence-corrected chi connectivity index (χ2v) is 7.02. The first-order chi connectivity index (χ1) is 13.0. The van der Waals surface area contributed by atoms with Crippen molar-refractivity contribution >= 4 is 40.7 Å². The summed E-state index contributed by atoms with van der Waals surface area (Å²) in [7, 11) is 0. The Kier molecular flexibility index (Phi) is 6.11. The average Bonchev–Trinajstić information content (AvgIpc) is 2.69. The van der Waals surface area contributed by atoms with Crippen LogP contribution in [0, 0.1) is 5.21 Å². The summed E-state index contributed by atoms with van der Waals surface area (Å²) in [6.07, 6.45) is 1.37. The molecule has 5 nitrogen and oxygen atoms in total. The van der Waals surface area contributed by atoms with Crippen molar-refractivity contribution in [2.75, 3.05) is 11.1 Å². The highest BCUT2D eigenvalue weighted by molar-refractivity contribution is 7.99. The van der Waals surface area contributed by atoms with Gasteiger partial charge in [0.15, 0.2) is 12.0 Å². The van der Waals surface area contributed by atoms with Crippen molar-refractivity contribution in [2.45, 2.75) is 5.03 Å². The number of amides is 1. The van der Waals surface area contributed by atoms with E-state index in [0.717, 1.165) is 11.8 Å². The van der Waals surface area contributed by atoms with Crippen LogP contribution in [-0.4, -0.2) is 17.4 Å². The van der Waals surface area contributed by atoms with E-state index in [-0.39, 0.29) is 17.4 Å². The molecule has 0 aliphatic heterocycles. The number of thioether (sulfide) groups is 1. The second-order valence-electron chi connectivity index (χ2n) is 5.59. The largest absolute Gasteiger partial charge is 0.618 e. The molecule has 0 aliphatic carbocycles. The Bertz CT molecular complexity index is 980. The van der Waals surface area contributed by atoms with E-state index >= 15 is 0 Å². The van der Waals surface area contributed by atoms with Crippen molar-refractivity contribution < 1.29 is 14.3 Å². The molecule has 0 fully saturated rings. The van der Waals surface area contributed by atoms with Gasteiger partial charge in [-0.1, -0.05) is 41.9 Å². The van der Waals surface area contributed by atoms with Crippen molar-refractivity contribution in [3.8, 4) is 0 Å². The van der Waals surface area contributed by atoms with Gasteiger partial charge >= 0.3 is 0 Å². The fraction of sp³-hybridized carbons (Fsp3) is 0.0500. The molecule has 0 aliphatic rings. The van der Waals surface area contributed by atoms with Crippen LogP contribution in [0.3, 0.4) is 0 Å². The minimum absolute atomic E-state index is 0.0356. The van der Waals surface area contributed by atoms with Gasteiger partial charge in [-0.15, -0.1) is 0 Å². The molecule has 0 saturated heterocycles. The van der Waals surface area contributed by atoms with Gasteiger partial charge in [0.25, 0.3) is 5.03 Å². The molecule has 1 heterocycles. The predicted molar refractivity (Wildman–Crippen MR) is 106 cm³/mol. The third-order valence-corrected chi connectivity index (χ3v) is 4.93. The van der Waals surface area contributed by atoms with E-state index in [1.807, 2.05) is 6.07 Å². The SMILES string of the molecule is O=C(CSc1cccc[n+]1[O-])Nc1ccc(Cl)cc1C(=O)c1ccccc1. The maximum Gasteiger partial charge on any atom is 0.251 e. The smallest absolute Gasteiger partial charge is 0.251 e. The Hall–Kier alpha value is -2.83. The summed E-state index contributed by atoms with van der Waals surface area (Å²) in [4.78, 5) is 25.1. The minimum atomic E-state index is -0.326. The summed E-state index contributed by atoms with van der Waals surface area (Å²) in [5.41, 5.74) is 1.19. The van der Waals surface area contributed by atoms with Crippen LogP contribution in [0.15, 0.2) is 78.0 Å². The number of ketones is 1. The van der Waals surface area contributed by atoms with Gasteiger partial charge < -0.3 is 10.5 Å². The highest BCUT2D eigenvalue weighted by Gasteiger charge is 2.17. The number of anilines is 1. The Balaban J connectivity index is 1.76. The molecule has 0 saturated carbocycles. The molecular weight excluding hydrogens is 384 g/mol. The number of carbonyl (C=O) groups is 2. The molecule has 2 aromatic carbocycles. The van der Waals surface area contributed by atoms with E-state index < -0.39 is 0 Å². The number of nitrogens with one attached hydrogen (secondary N) is 1. The van der Waals surface area contributed by atoms with Crippen LogP contribution in [0.25, 0.3) is 0 Å². The lowest BCUT2D eigenvalue weighted by Crippen LogP contribution is -2.28. The Labute approximate surface area is 165 Å². The van der Waals surface area contributed by atoms with Crippen LogP contribution >= 0.6 is 23.4 Å². The average molecular weight is 399 g/mol. The highest BCUT2D eigenvalue weighted by Crippen LogP contribution is 2.24. The standard InChI is InChI=1S/C20H15ClN2O3S/c21-15-9-10-17(16(12-15)20(25)14-6-2-1-3-7-14)22-18(24)13-27-19-8-4-5-11-23(19)26/h1-12H,13H2,(H,22,24). The molecule has 136 valence electrons. The van der Waals surface area contributed by atoms with Crippen LogP contribution in [0.5, 0.6) is 0 Å². The molecule has 7 heteroatoms. The third kappa shape index (κ3) is 4.87. The second kappa shape index (κ2) is 8.70. The number of halogens is 1. The summed E-state index contributed by atoms with van der Waals surface area (Å²) in [6, 6.07) is 18.5. The van der Waals surface area contributed by atoms with E-state index in [9.17, 15) is 14.8 Å². The molecule has 1 amide bonds. The number of pyridine rings is 1. The van der Waals surface area contributed by atoms with Gasteiger partial charge in [0.05, 0.1) is 11.4 Å². The van der Waals surface area contributed by atoms with Crippen LogP contribution in [0.2, 0.25) is 5.02 Å². The number of rotatable bonds is 6. The maximum absolute atomic E-state index is 12.8. The molecule has 1 aromatic heterocycles. The lowest BCUT2D eigenvalue weighted by molar-refractivity contribution is -0.645. The third-order valence-electron chi connectivity index (χ3n) is 3.68. The van der Waals surface area contributed by atoms with Crippen LogP contribution in [0.4, 0.5) is 5.69 Å². The molecule has 3 rings (SSSR count). The summed E-state index contributed by atoms with van der Waals surface area (Å²) in [5, 5.41) is 15.2. The summed E-state index contributed by atoms with van der Waals surface area (Å²) in [5.74, 6) is -0.525. The zero-order valence-corrected chi connectivity index (χ0v) is 15.7. The lowest BCUT2D eigenvalue weighted by atomic mass is 10.0. The number of benzene rings is 2. The summed E-state index contributed by atoms with van der Waals surface area (Å²) in [6.45, 7) is 0. The minimum Gasteiger partial charge on any atom is -0.618 e. The first kappa shape index (κ1) is 18.9. The van der Waals surface area contributed by atoms with Gasteiger partial charge in [0.2, 0.25) is 5.91 Å². The van der Waals surface area contributed by atoms with Gasteiger partial charge in [-0.3, -0.25) is 9.59 Å². The summed E-state index contributed by atoms with van der Waals surface area (Å²) >= 11 is 7.15. The molecule has 3 aromatic rings. The maximum atomic E-state index is 12.8. The van der Waals surface area contributed by atoms with Crippen molar-refractivity contribution in [1.82, 2.24) is 0 Å². The zero-order valence-electron chi connectivity index (χ0n) is 14.1. The van der Waals surface area contributed by atoms with Crippen molar-refractivity contribution in [2.24, 2.45) is 0 Å². The van der Waals surface area contributed by atoms with E-state index in [4.69, 9.17) is 11.6 Å². The van der Waals surface area contributed by atoms with Gasteiger partial charge in [-0.2, -0.15) is 4.73 Å². The van der Waals surface area contributed by atoms with E-state index in [1.165, 1.54) is 12.3 Å². The Morgan fingerprint density at radius 3 is 2.52 bits per heavy atom. The Morgan fingerprint density at radius 2 is 1.78 bits per heavy atom. The van der Waals surface area contributed by atoms with E-state index in [1.54, 1.807) is 54.6 Å². The predicted octanol–water partition coefficient (Wildman–Crippen LogP) is 3.94. The number of hydrogen-bond donors (Lipinski definition) is 1. The van der Waals surface area contributed by atoms with Crippen LogP contribution in [-0.2, 0) is 4.79 Å². The fourth-order valence-corrected chi connectivity index (χ4v) is 3.29. The fourth-order valence-electron chi connectivity index (χ4n) is 2.41. The summed E-state index contributed by atoms with van der Waals surface area (Å²) < 4.78 is 0.699. The monoisotopic (exact) mass is 398 g/mol. The number of carbonyl (C=O) groups excluding carboxylic acids is 2. The van der Waals surface area contributed by atoms with Gasteiger partial charge in [-0.05, 0) is 36.0 Å². The topological polar surface area (TPSA) is 73.1 Å². The van der Waals surface area contributed by atoms with Crippen molar-refractivity contribution in [3.05, 3.63) is 94.3 Å². The molecule has 0 atom stereocenters. The van der Waals surface area contributed by atoms with Crippen LogP contribution in [0.1, 0.15) is 15.9 Å². The van der Waals surface area contributed by atoms with Gasteiger partial charge in [-0.25, -0.2) is 0 Å². The van der Waals surface area contributed by atoms with Crippen molar-refractivity contribution in [1.29, 1.82) is 0 Å². The molecule has 27 heavy (non-hydrogen) atoms. The normalized spacial score (nSPS) is 10.4. The molecule has 0 radical (unpaired) electrons. The molecule has 0 unspecified atom stereocenters. The number of hydrogen-bond acceptors (Lipinski definition) is 4. The molecular formula is C20H15ClN2O3S. The molecule has 1 N–H and O–H groups in total. The lowest BCUT2D eigenvalue weighted by Gasteiger charge is -2.11. The first-order valence-electron chi connectivity index (χ1n) is 8.05. The van der Waals surface area contributed by atoms with E-state index in [2.05, 4.69) is 5.32 Å². The molecule has 0 bridgehead atoms. The molecule has 0 spiro atoms. The number of aromatic nitrogens is 1. The first-order valence-corrected chi connectivity index (χ1v) is 9.41. The number of nitrogens with zero attached hydrogens (tertiary/aromatic N) is 1. The van der Waals surface area contributed by atoms with Gasteiger partial charge in [0.1, 0.15) is 0 Å². The highest BCUT2D eigenvalue weighted by atomic mass is 35.5. The van der Waals surface area contributed by atoms with E-state index in [0.29, 0.717) is 31.6 Å².